The van der Waals surface area contributed by atoms with Gasteiger partial charge in [0.1, 0.15) is 0 Å². The third-order valence-electron chi connectivity index (χ3n) is 4.38. The molecule has 0 spiro atoms. The molecule has 0 N–H and O–H groups in total. The Kier molecular flexibility index (Phi) is 4.84. The Morgan fingerprint density at radius 2 is 1.88 bits per heavy atom. The van der Waals surface area contributed by atoms with E-state index in [1.165, 1.54) is 30.0 Å². The second kappa shape index (κ2) is 7.25. The molecular formula is C21H21N2SSe+. The van der Waals surface area contributed by atoms with Gasteiger partial charge in [0.05, 0.1) is 0 Å². The Labute approximate surface area is 159 Å². The molecule has 0 fully saturated rings. The molecule has 3 aromatic rings. The Bertz CT molecular complexity index is 971. The molecule has 0 bridgehead atoms. The van der Waals surface area contributed by atoms with Gasteiger partial charge in [-0.1, -0.05) is 0 Å². The van der Waals surface area contributed by atoms with E-state index in [4.69, 9.17) is 0 Å². The van der Waals surface area contributed by atoms with Crippen LogP contribution in [0.15, 0.2) is 70.6 Å². The van der Waals surface area contributed by atoms with Crippen LogP contribution in [0.1, 0.15) is 18.4 Å². The minimum atomic E-state index is 0.401. The van der Waals surface area contributed by atoms with Crippen molar-refractivity contribution in [2.24, 2.45) is 0 Å². The van der Waals surface area contributed by atoms with E-state index in [1.807, 2.05) is 11.8 Å². The first-order valence-corrected chi connectivity index (χ1v) is 11.2. The van der Waals surface area contributed by atoms with Crippen molar-refractivity contribution in [3.63, 3.8) is 0 Å². The molecule has 1 aliphatic rings. The van der Waals surface area contributed by atoms with Crippen LogP contribution in [0.5, 0.6) is 0 Å². The summed E-state index contributed by atoms with van der Waals surface area (Å²) in [5, 5.41) is 1.31. The Morgan fingerprint density at radius 3 is 2.72 bits per heavy atom. The van der Waals surface area contributed by atoms with Gasteiger partial charge in [-0.05, 0) is 0 Å². The summed E-state index contributed by atoms with van der Waals surface area (Å²) in [6.45, 7) is 6.46. The van der Waals surface area contributed by atoms with Crippen LogP contribution in [0.4, 0.5) is 5.69 Å². The first kappa shape index (κ1) is 16.7. The third-order valence-corrected chi connectivity index (χ3v) is 7.89. The zero-order chi connectivity index (χ0) is 17.2. The monoisotopic (exact) mass is 413 g/mol. The molecule has 25 heavy (non-hydrogen) atoms. The van der Waals surface area contributed by atoms with E-state index in [9.17, 15) is 0 Å². The molecule has 0 radical (unpaired) electrons. The number of hydrogen-bond donors (Lipinski definition) is 0. The fraction of sp³-hybridized carbons (Fsp3) is 0.190. The van der Waals surface area contributed by atoms with Gasteiger partial charge < -0.3 is 0 Å². The summed E-state index contributed by atoms with van der Waals surface area (Å²) in [6.07, 6.45) is 6.78. The molecule has 2 heterocycles. The first-order chi connectivity index (χ1) is 12.3. The average molecular weight is 412 g/mol. The molecular weight excluding hydrogens is 391 g/mol. The Balaban J connectivity index is 1.64. The molecule has 0 unspecified atom stereocenters. The van der Waals surface area contributed by atoms with Crippen LogP contribution in [0, 0.1) is 0 Å². The zero-order valence-electron chi connectivity index (χ0n) is 14.5. The molecule has 0 saturated carbocycles. The summed E-state index contributed by atoms with van der Waals surface area (Å²) >= 11 is 2.26. The third kappa shape index (κ3) is 3.10. The maximum atomic E-state index is 2.44. The van der Waals surface area contributed by atoms with Gasteiger partial charge in [0, 0.05) is 0 Å². The van der Waals surface area contributed by atoms with Crippen molar-refractivity contribution in [1.29, 1.82) is 0 Å². The van der Waals surface area contributed by atoms with E-state index >= 15 is 0 Å². The molecule has 1 aliphatic heterocycles. The number of aromatic nitrogens is 1. The van der Waals surface area contributed by atoms with Gasteiger partial charge in [0.25, 0.3) is 0 Å². The van der Waals surface area contributed by atoms with Crippen molar-refractivity contribution < 1.29 is 4.57 Å². The molecule has 2 nitrogen and oxygen atoms in total. The number of hydrogen-bond acceptors (Lipinski definition) is 2. The summed E-state index contributed by atoms with van der Waals surface area (Å²) in [5.41, 5.74) is 2.71. The SMILES string of the molecule is CCN1/C(=C\C=C\c2[se]c3ccccc3[n+]2CC)Sc2ccccc21. The van der Waals surface area contributed by atoms with Crippen molar-refractivity contribution in [2.45, 2.75) is 25.3 Å². The zero-order valence-corrected chi connectivity index (χ0v) is 17.0. The standard InChI is InChI=1S/C21H21N2SSe/c1-3-22-16-10-5-7-12-18(16)24-20(22)14-9-15-21-23(4-2)17-11-6-8-13-19(17)25-21/h5-15H,3-4H2,1-2H3/q+1. The predicted molar refractivity (Wildman–Crippen MR) is 109 cm³/mol. The van der Waals surface area contributed by atoms with Crippen LogP contribution in [0.3, 0.4) is 0 Å². The van der Waals surface area contributed by atoms with Crippen LogP contribution >= 0.6 is 11.8 Å². The topological polar surface area (TPSA) is 7.12 Å². The molecule has 0 amide bonds. The predicted octanol–water partition coefficient (Wildman–Crippen LogP) is 4.69. The fourth-order valence-electron chi connectivity index (χ4n) is 3.22. The van der Waals surface area contributed by atoms with Crippen molar-refractivity contribution >= 4 is 47.8 Å². The first-order valence-electron chi connectivity index (χ1n) is 8.66. The number of para-hydroxylation sites is 2. The van der Waals surface area contributed by atoms with Gasteiger partial charge in [-0.15, -0.1) is 0 Å². The average Bonchev–Trinajstić information content (AvgIpc) is 3.18. The number of aryl methyl sites for hydroxylation is 1. The van der Waals surface area contributed by atoms with E-state index in [0.717, 1.165) is 13.1 Å². The quantitative estimate of drug-likeness (QED) is 0.453. The normalized spacial score (nSPS) is 15.6. The molecule has 1 aromatic heterocycles. The number of allylic oxidation sites excluding steroid dienone is 2. The van der Waals surface area contributed by atoms with Gasteiger partial charge >= 0.3 is 159 Å². The number of thioether (sulfide) groups is 1. The molecule has 0 aliphatic carbocycles. The van der Waals surface area contributed by atoms with E-state index in [0.29, 0.717) is 14.5 Å². The number of rotatable bonds is 4. The summed E-state index contributed by atoms with van der Waals surface area (Å²) in [4.78, 5) is 3.74. The fourth-order valence-corrected chi connectivity index (χ4v) is 6.75. The van der Waals surface area contributed by atoms with Crippen LogP contribution in [0.2, 0.25) is 0 Å². The van der Waals surface area contributed by atoms with Gasteiger partial charge in [0.2, 0.25) is 0 Å². The molecule has 0 saturated heterocycles. The molecule has 4 rings (SSSR count). The maximum absolute atomic E-state index is 2.44. The summed E-state index contributed by atoms with van der Waals surface area (Å²) in [7, 11) is 0. The van der Waals surface area contributed by atoms with Crippen LogP contribution < -0.4 is 9.47 Å². The summed E-state index contributed by atoms with van der Waals surface area (Å²) in [5.74, 6) is 0. The number of fused-ring (bicyclic) bond motifs is 2. The second-order valence-electron chi connectivity index (χ2n) is 5.83. The minimum absolute atomic E-state index is 0.401. The molecule has 126 valence electrons. The summed E-state index contributed by atoms with van der Waals surface area (Å²) in [6, 6.07) is 17.4. The summed E-state index contributed by atoms with van der Waals surface area (Å²) < 4.78 is 5.37. The molecule has 2 aromatic carbocycles. The van der Waals surface area contributed by atoms with Crippen LogP contribution in [-0.2, 0) is 6.54 Å². The van der Waals surface area contributed by atoms with Gasteiger partial charge in [0.15, 0.2) is 0 Å². The van der Waals surface area contributed by atoms with Gasteiger partial charge in [-0.3, -0.25) is 0 Å². The molecule has 0 atom stereocenters. The van der Waals surface area contributed by atoms with Crippen molar-refractivity contribution in [2.75, 3.05) is 11.4 Å². The Morgan fingerprint density at radius 1 is 1.08 bits per heavy atom. The van der Waals surface area contributed by atoms with Gasteiger partial charge in [-0.2, -0.15) is 0 Å². The Hall–Kier alpha value is -1.74. The number of nitrogens with zero attached hydrogens (tertiary/aromatic N) is 2. The van der Waals surface area contributed by atoms with Crippen molar-refractivity contribution in [1.82, 2.24) is 0 Å². The van der Waals surface area contributed by atoms with Gasteiger partial charge in [-0.25, -0.2) is 0 Å². The van der Waals surface area contributed by atoms with E-state index in [-0.39, 0.29) is 0 Å². The van der Waals surface area contributed by atoms with Crippen LogP contribution in [-0.4, -0.2) is 21.0 Å². The van der Waals surface area contributed by atoms with E-state index < -0.39 is 0 Å². The van der Waals surface area contributed by atoms with Crippen molar-refractivity contribution in [3.05, 3.63) is 70.3 Å². The van der Waals surface area contributed by atoms with Crippen LogP contribution in [0.25, 0.3) is 15.9 Å². The number of benzene rings is 2. The molecule has 4 heteroatoms. The second-order valence-corrected chi connectivity index (χ2v) is 9.12. The van der Waals surface area contributed by atoms with E-state index in [2.05, 4.69) is 90.1 Å². The number of anilines is 1. The van der Waals surface area contributed by atoms with Crippen molar-refractivity contribution in [3.8, 4) is 0 Å². The van der Waals surface area contributed by atoms with E-state index in [1.54, 1.807) is 0 Å².